The first-order chi connectivity index (χ1) is 10.9. The molecule has 2 aromatic rings. The number of amides is 1. The van der Waals surface area contributed by atoms with Crippen molar-refractivity contribution in [1.82, 2.24) is 5.32 Å². The van der Waals surface area contributed by atoms with Gasteiger partial charge in [0.1, 0.15) is 0 Å². The normalized spacial score (nSPS) is 11.8. The molecule has 0 aromatic heterocycles. The van der Waals surface area contributed by atoms with Gasteiger partial charge in [0, 0.05) is 22.4 Å². The van der Waals surface area contributed by atoms with Gasteiger partial charge in [-0.25, -0.2) is 0 Å². The summed E-state index contributed by atoms with van der Waals surface area (Å²) in [5, 5.41) is 14.6. The van der Waals surface area contributed by atoms with E-state index in [0.29, 0.717) is 15.6 Å². The van der Waals surface area contributed by atoms with E-state index in [2.05, 4.69) is 5.32 Å². The highest BCUT2D eigenvalue weighted by Gasteiger charge is 2.18. The second-order valence-electron chi connectivity index (χ2n) is 4.78. The molecule has 7 heteroatoms. The fourth-order valence-electron chi connectivity index (χ4n) is 2.05. The molecule has 0 aliphatic carbocycles. The summed E-state index contributed by atoms with van der Waals surface area (Å²) >= 11 is 17.7. The number of carboxylic acids is 1. The van der Waals surface area contributed by atoms with Crippen molar-refractivity contribution in [1.29, 1.82) is 0 Å². The van der Waals surface area contributed by atoms with E-state index in [1.165, 1.54) is 18.2 Å². The van der Waals surface area contributed by atoms with Crippen LogP contribution in [-0.2, 0) is 4.79 Å². The second kappa shape index (κ2) is 7.68. The summed E-state index contributed by atoms with van der Waals surface area (Å²) < 4.78 is 0. The van der Waals surface area contributed by atoms with Gasteiger partial charge in [-0.1, -0.05) is 46.9 Å². The Hall–Kier alpha value is -1.75. The van der Waals surface area contributed by atoms with Crippen LogP contribution in [0.3, 0.4) is 0 Å². The summed E-state index contributed by atoms with van der Waals surface area (Å²) in [5.74, 6) is -1.81. The third kappa shape index (κ3) is 4.86. The number of rotatable bonds is 5. The number of carbonyl (C=O) groups is 2. The number of hydrogen-bond donors (Lipinski definition) is 1. The molecule has 0 aliphatic heterocycles. The molecule has 2 aromatic carbocycles. The van der Waals surface area contributed by atoms with Crippen LogP contribution in [0.2, 0.25) is 15.1 Å². The molecule has 0 bridgehead atoms. The van der Waals surface area contributed by atoms with Gasteiger partial charge < -0.3 is 15.2 Å². The van der Waals surface area contributed by atoms with E-state index in [1.807, 2.05) is 0 Å². The summed E-state index contributed by atoms with van der Waals surface area (Å²) in [6.07, 6.45) is -0.392. The maximum atomic E-state index is 12.3. The van der Waals surface area contributed by atoms with Gasteiger partial charge in [-0.2, -0.15) is 0 Å². The van der Waals surface area contributed by atoms with E-state index < -0.39 is 24.3 Å². The summed E-state index contributed by atoms with van der Waals surface area (Å²) in [6, 6.07) is 10.2. The lowest BCUT2D eigenvalue weighted by Gasteiger charge is -2.20. The van der Waals surface area contributed by atoms with Crippen molar-refractivity contribution < 1.29 is 14.7 Å². The molecule has 0 fully saturated rings. The first-order valence-electron chi connectivity index (χ1n) is 6.58. The fraction of sp³-hybridized carbons (Fsp3) is 0.125. The van der Waals surface area contributed by atoms with Crippen molar-refractivity contribution in [2.24, 2.45) is 0 Å². The van der Waals surface area contributed by atoms with E-state index >= 15 is 0 Å². The third-order valence-corrected chi connectivity index (χ3v) is 3.89. The minimum atomic E-state index is -1.29. The maximum absolute atomic E-state index is 12.3. The van der Waals surface area contributed by atoms with Gasteiger partial charge in [-0.15, -0.1) is 0 Å². The Bertz CT molecular complexity index is 749. The van der Waals surface area contributed by atoms with Crippen molar-refractivity contribution in [2.75, 3.05) is 0 Å². The standard InChI is InChI=1S/C16H12Cl3NO3/c17-10-3-1-2-9(6-10)14(8-15(21)22)20-16(23)12-5-4-11(18)7-13(12)19/h1-7,14H,8H2,(H,20,23)(H,21,22)/p-1/t14-/m1/s1. The zero-order chi connectivity index (χ0) is 17.0. The SMILES string of the molecule is O=C([O-])C[C@@H](NC(=O)c1ccc(Cl)cc1Cl)c1cccc(Cl)c1. The summed E-state index contributed by atoms with van der Waals surface area (Å²) in [4.78, 5) is 23.3. The van der Waals surface area contributed by atoms with E-state index in [1.54, 1.807) is 24.3 Å². The van der Waals surface area contributed by atoms with Gasteiger partial charge in [-0.3, -0.25) is 4.79 Å². The number of aliphatic carboxylic acids is 1. The van der Waals surface area contributed by atoms with Crippen LogP contribution >= 0.6 is 34.8 Å². The van der Waals surface area contributed by atoms with Crippen molar-refractivity contribution in [2.45, 2.75) is 12.5 Å². The van der Waals surface area contributed by atoms with Crippen LogP contribution in [0.1, 0.15) is 28.4 Å². The first kappa shape index (κ1) is 17.6. The maximum Gasteiger partial charge on any atom is 0.253 e. The van der Waals surface area contributed by atoms with Crippen LogP contribution in [0, 0.1) is 0 Å². The topological polar surface area (TPSA) is 69.2 Å². The summed E-state index contributed by atoms with van der Waals surface area (Å²) in [5.41, 5.74) is 0.751. The zero-order valence-corrected chi connectivity index (χ0v) is 14.0. The Morgan fingerprint density at radius 3 is 2.35 bits per heavy atom. The van der Waals surface area contributed by atoms with Gasteiger partial charge in [-0.05, 0) is 35.9 Å². The Morgan fingerprint density at radius 2 is 1.74 bits per heavy atom. The van der Waals surface area contributed by atoms with E-state index in [9.17, 15) is 14.7 Å². The fourth-order valence-corrected chi connectivity index (χ4v) is 2.74. The van der Waals surface area contributed by atoms with Crippen molar-refractivity contribution in [3.05, 3.63) is 68.7 Å². The highest BCUT2D eigenvalue weighted by Crippen LogP contribution is 2.24. The van der Waals surface area contributed by atoms with Crippen LogP contribution in [0.15, 0.2) is 42.5 Å². The molecule has 1 atom stereocenters. The first-order valence-corrected chi connectivity index (χ1v) is 7.71. The van der Waals surface area contributed by atoms with Gasteiger partial charge in [0.15, 0.2) is 0 Å². The molecular weight excluding hydrogens is 361 g/mol. The Balaban J connectivity index is 2.27. The Morgan fingerprint density at radius 1 is 1.04 bits per heavy atom. The molecule has 0 heterocycles. The summed E-state index contributed by atoms with van der Waals surface area (Å²) in [6.45, 7) is 0. The molecule has 1 amide bonds. The summed E-state index contributed by atoms with van der Waals surface area (Å²) in [7, 11) is 0. The van der Waals surface area contributed by atoms with E-state index in [0.717, 1.165) is 0 Å². The molecule has 0 unspecified atom stereocenters. The number of benzene rings is 2. The van der Waals surface area contributed by atoms with Gasteiger partial charge in [0.25, 0.3) is 5.91 Å². The second-order valence-corrected chi connectivity index (χ2v) is 6.06. The predicted molar refractivity (Wildman–Crippen MR) is 87.7 cm³/mol. The highest BCUT2D eigenvalue weighted by atomic mass is 35.5. The van der Waals surface area contributed by atoms with Gasteiger partial charge in [0.05, 0.1) is 16.6 Å². The van der Waals surface area contributed by atoms with Crippen LogP contribution < -0.4 is 10.4 Å². The van der Waals surface area contributed by atoms with Gasteiger partial charge >= 0.3 is 0 Å². The number of hydrogen-bond acceptors (Lipinski definition) is 3. The smallest absolute Gasteiger partial charge is 0.253 e. The molecule has 0 saturated heterocycles. The lowest BCUT2D eigenvalue weighted by molar-refractivity contribution is -0.306. The molecule has 0 saturated carbocycles. The van der Waals surface area contributed by atoms with E-state index in [4.69, 9.17) is 34.8 Å². The quantitative estimate of drug-likeness (QED) is 0.877. The minimum absolute atomic E-state index is 0.174. The van der Waals surface area contributed by atoms with Crippen LogP contribution in [0.4, 0.5) is 0 Å². The van der Waals surface area contributed by atoms with Gasteiger partial charge in [0.2, 0.25) is 0 Å². The van der Waals surface area contributed by atoms with Crippen molar-refractivity contribution >= 4 is 46.7 Å². The molecule has 4 nitrogen and oxygen atoms in total. The predicted octanol–water partition coefficient (Wildman–Crippen LogP) is 3.26. The van der Waals surface area contributed by atoms with Crippen LogP contribution in [-0.4, -0.2) is 11.9 Å². The highest BCUT2D eigenvalue weighted by molar-refractivity contribution is 6.36. The molecule has 2 rings (SSSR count). The lowest BCUT2D eigenvalue weighted by Crippen LogP contribution is -2.34. The van der Waals surface area contributed by atoms with Crippen LogP contribution in [0.25, 0.3) is 0 Å². The molecule has 0 spiro atoms. The Kier molecular flexibility index (Phi) is 5.88. The third-order valence-electron chi connectivity index (χ3n) is 3.10. The van der Waals surface area contributed by atoms with Crippen molar-refractivity contribution in [3.8, 4) is 0 Å². The number of carbonyl (C=O) groups excluding carboxylic acids is 2. The van der Waals surface area contributed by atoms with E-state index in [-0.39, 0.29) is 10.6 Å². The average Bonchev–Trinajstić information content (AvgIpc) is 2.45. The van der Waals surface area contributed by atoms with Crippen molar-refractivity contribution in [3.63, 3.8) is 0 Å². The molecule has 1 N–H and O–H groups in total. The number of halogens is 3. The number of carboxylic acid groups (broad SMARTS) is 1. The zero-order valence-electron chi connectivity index (χ0n) is 11.7. The molecule has 23 heavy (non-hydrogen) atoms. The molecular formula is C16H11Cl3NO3-. The minimum Gasteiger partial charge on any atom is -0.550 e. The molecule has 0 aliphatic rings. The largest absolute Gasteiger partial charge is 0.550 e. The van der Waals surface area contributed by atoms with Crippen LogP contribution in [0.5, 0.6) is 0 Å². The average molecular weight is 372 g/mol. The number of nitrogens with one attached hydrogen (secondary N) is 1. The monoisotopic (exact) mass is 370 g/mol. The lowest BCUT2D eigenvalue weighted by atomic mass is 10.0. The molecule has 0 radical (unpaired) electrons. The Labute approximate surface area is 148 Å². The molecule has 120 valence electrons.